The minimum Gasteiger partial charge on any atom is -0.486 e. The summed E-state index contributed by atoms with van der Waals surface area (Å²) >= 11 is 12.5. The molecule has 1 fully saturated rings. The predicted molar refractivity (Wildman–Crippen MR) is 97.5 cm³/mol. The summed E-state index contributed by atoms with van der Waals surface area (Å²) in [5.41, 5.74) is 0.920. The first-order valence-corrected chi connectivity index (χ1v) is 7.85. The monoisotopic (exact) mass is 386 g/mol. The molecule has 1 unspecified atom stereocenters. The highest BCUT2D eigenvalue weighted by Gasteiger charge is 2.38. The summed E-state index contributed by atoms with van der Waals surface area (Å²) in [5, 5.41) is 4.69. The minimum atomic E-state index is -0.208. The first kappa shape index (κ1) is 20.1. The number of rotatable bonds is 1. The smallest absolute Gasteiger partial charge is 0.143 e. The van der Waals surface area contributed by atoms with Crippen LogP contribution in [0.3, 0.4) is 0 Å². The molecule has 0 amide bonds. The van der Waals surface area contributed by atoms with Crippen LogP contribution in [0.1, 0.15) is 31.9 Å². The van der Waals surface area contributed by atoms with E-state index in [0.29, 0.717) is 16.1 Å². The molecule has 1 aromatic rings. The van der Waals surface area contributed by atoms with E-state index < -0.39 is 0 Å². The van der Waals surface area contributed by atoms with Gasteiger partial charge in [-0.15, -0.1) is 24.8 Å². The van der Waals surface area contributed by atoms with Crippen LogP contribution in [0.5, 0.6) is 5.75 Å². The summed E-state index contributed by atoms with van der Waals surface area (Å²) in [6, 6.07) is 4.09. The maximum absolute atomic E-state index is 6.34. The molecule has 0 aromatic heterocycles. The quantitative estimate of drug-likeness (QED) is 0.775. The molecule has 3 rings (SSSR count). The van der Waals surface area contributed by atoms with E-state index in [2.05, 4.69) is 24.1 Å². The third-order valence-corrected chi connectivity index (χ3v) is 4.55. The number of nitrogens with one attached hydrogen (secondary N) is 1. The Kier molecular flexibility index (Phi) is 7.12. The van der Waals surface area contributed by atoms with Crippen molar-refractivity contribution < 1.29 is 4.74 Å². The van der Waals surface area contributed by atoms with Crippen LogP contribution in [0, 0.1) is 0 Å². The first-order valence-electron chi connectivity index (χ1n) is 7.09. The lowest BCUT2D eigenvalue weighted by molar-refractivity contribution is 0.0261. The molecule has 1 saturated heterocycles. The number of fused-ring (bicyclic) bond motifs is 1. The van der Waals surface area contributed by atoms with Crippen LogP contribution in [0.2, 0.25) is 10.0 Å². The van der Waals surface area contributed by atoms with Crippen LogP contribution in [0.15, 0.2) is 12.1 Å². The standard InChI is InChI=1S/C15H20Cl2N2O.2ClH/c1-15(2)9-13(19-5-3-18-4-6-19)11-7-10(16)8-12(17)14(11)20-15;;/h7-8,13,18H,3-6,9H2,1-2H3;2*1H. The van der Waals surface area contributed by atoms with Crippen molar-refractivity contribution in [2.24, 2.45) is 0 Å². The lowest BCUT2D eigenvalue weighted by Crippen LogP contribution is -2.48. The Morgan fingerprint density at radius 1 is 1.18 bits per heavy atom. The topological polar surface area (TPSA) is 24.5 Å². The largest absolute Gasteiger partial charge is 0.486 e. The van der Waals surface area contributed by atoms with Crippen molar-refractivity contribution in [3.63, 3.8) is 0 Å². The van der Waals surface area contributed by atoms with Crippen LogP contribution in [-0.4, -0.2) is 36.7 Å². The van der Waals surface area contributed by atoms with Crippen molar-refractivity contribution in [1.29, 1.82) is 0 Å². The van der Waals surface area contributed by atoms with Gasteiger partial charge in [0.25, 0.3) is 0 Å². The predicted octanol–water partition coefficient (Wildman–Crippen LogP) is 4.34. The van der Waals surface area contributed by atoms with Gasteiger partial charge >= 0.3 is 0 Å². The van der Waals surface area contributed by atoms with E-state index in [-0.39, 0.29) is 30.4 Å². The van der Waals surface area contributed by atoms with Gasteiger partial charge in [-0.05, 0) is 26.0 Å². The molecule has 0 spiro atoms. The van der Waals surface area contributed by atoms with Gasteiger partial charge in [-0.3, -0.25) is 4.90 Å². The van der Waals surface area contributed by atoms with Gasteiger partial charge in [0.15, 0.2) is 0 Å². The molecule has 1 aromatic carbocycles. The molecule has 1 atom stereocenters. The number of hydrogen-bond donors (Lipinski definition) is 1. The van der Waals surface area contributed by atoms with Crippen LogP contribution in [0.4, 0.5) is 0 Å². The summed E-state index contributed by atoms with van der Waals surface area (Å²) in [5.74, 6) is 0.802. The number of benzene rings is 1. The van der Waals surface area contributed by atoms with Crippen molar-refractivity contribution in [1.82, 2.24) is 10.2 Å². The van der Waals surface area contributed by atoms with Crippen LogP contribution in [0.25, 0.3) is 0 Å². The molecule has 2 aliphatic rings. The highest BCUT2D eigenvalue weighted by molar-refractivity contribution is 6.35. The van der Waals surface area contributed by atoms with E-state index in [0.717, 1.165) is 43.9 Å². The third kappa shape index (κ3) is 4.14. The Labute approximate surface area is 154 Å². The Balaban J connectivity index is 0.00000121. The highest BCUT2D eigenvalue weighted by atomic mass is 35.5. The fraction of sp³-hybridized carbons (Fsp3) is 0.600. The van der Waals surface area contributed by atoms with Crippen molar-refractivity contribution in [2.75, 3.05) is 26.2 Å². The van der Waals surface area contributed by atoms with Crippen LogP contribution < -0.4 is 10.1 Å². The van der Waals surface area contributed by atoms with Crippen molar-refractivity contribution in [3.8, 4) is 5.75 Å². The van der Waals surface area contributed by atoms with E-state index >= 15 is 0 Å². The maximum Gasteiger partial charge on any atom is 0.143 e. The summed E-state index contributed by atoms with van der Waals surface area (Å²) in [6.07, 6.45) is 0.955. The number of piperazine rings is 1. The van der Waals surface area contributed by atoms with Crippen LogP contribution in [-0.2, 0) is 0 Å². The Hall–Kier alpha value is 0.1000. The Bertz CT molecular complexity index is 519. The highest BCUT2D eigenvalue weighted by Crippen LogP contribution is 2.47. The number of halogens is 4. The Morgan fingerprint density at radius 3 is 2.45 bits per heavy atom. The minimum absolute atomic E-state index is 0. The molecular formula is C15H22Cl4N2O. The second-order valence-corrected chi connectivity index (χ2v) is 7.02. The number of nitrogens with zero attached hydrogens (tertiary/aromatic N) is 1. The normalized spacial score (nSPS) is 23.5. The molecule has 2 aliphatic heterocycles. The molecule has 2 heterocycles. The van der Waals surface area contributed by atoms with Gasteiger partial charge in [0.1, 0.15) is 11.4 Å². The van der Waals surface area contributed by atoms with Gasteiger partial charge in [-0.1, -0.05) is 23.2 Å². The van der Waals surface area contributed by atoms with Crippen LogP contribution >= 0.6 is 48.0 Å². The maximum atomic E-state index is 6.34. The SMILES string of the molecule is CC1(C)CC(N2CCNCC2)c2cc(Cl)cc(Cl)c2O1.Cl.Cl. The lowest BCUT2D eigenvalue weighted by Gasteiger charge is -2.44. The summed E-state index contributed by atoms with van der Waals surface area (Å²) in [6.45, 7) is 8.39. The van der Waals surface area contributed by atoms with E-state index in [1.165, 1.54) is 0 Å². The van der Waals surface area contributed by atoms with Gasteiger partial charge in [0.05, 0.1) is 5.02 Å². The zero-order valence-electron chi connectivity index (χ0n) is 12.7. The van der Waals surface area contributed by atoms with Gasteiger partial charge < -0.3 is 10.1 Å². The van der Waals surface area contributed by atoms with Crippen molar-refractivity contribution >= 4 is 48.0 Å². The van der Waals surface area contributed by atoms with Gasteiger partial charge in [0.2, 0.25) is 0 Å². The zero-order chi connectivity index (χ0) is 14.3. The Morgan fingerprint density at radius 2 is 1.82 bits per heavy atom. The van der Waals surface area contributed by atoms with E-state index in [4.69, 9.17) is 27.9 Å². The average molecular weight is 388 g/mol. The molecule has 22 heavy (non-hydrogen) atoms. The molecule has 3 nitrogen and oxygen atoms in total. The fourth-order valence-corrected chi connectivity index (χ4v) is 3.70. The molecule has 0 radical (unpaired) electrons. The summed E-state index contributed by atoms with van der Waals surface area (Å²) in [4.78, 5) is 2.51. The number of hydrogen-bond acceptors (Lipinski definition) is 3. The first-order chi connectivity index (χ1) is 9.46. The second-order valence-electron chi connectivity index (χ2n) is 6.17. The molecule has 0 bridgehead atoms. The van der Waals surface area contributed by atoms with E-state index in [1.54, 1.807) is 6.07 Å². The lowest BCUT2D eigenvalue weighted by atomic mass is 9.88. The van der Waals surface area contributed by atoms with Gasteiger partial charge in [-0.25, -0.2) is 0 Å². The van der Waals surface area contributed by atoms with Crippen molar-refractivity contribution in [3.05, 3.63) is 27.7 Å². The summed E-state index contributed by atoms with van der Waals surface area (Å²) < 4.78 is 6.09. The molecule has 0 saturated carbocycles. The molecule has 7 heteroatoms. The fourth-order valence-electron chi connectivity index (χ4n) is 3.15. The average Bonchev–Trinajstić information content (AvgIpc) is 2.40. The molecular weight excluding hydrogens is 366 g/mol. The molecule has 0 aliphatic carbocycles. The molecule has 1 N–H and O–H groups in total. The molecule has 126 valence electrons. The zero-order valence-corrected chi connectivity index (χ0v) is 15.8. The summed E-state index contributed by atoms with van der Waals surface area (Å²) in [7, 11) is 0. The van der Waals surface area contributed by atoms with E-state index in [1.807, 2.05) is 6.07 Å². The third-order valence-electron chi connectivity index (χ3n) is 4.05. The second kappa shape index (κ2) is 7.78. The van der Waals surface area contributed by atoms with Gasteiger partial charge in [-0.2, -0.15) is 0 Å². The van der Waals surface area contributed by atoms with Crippen molar-refractivity contribution in [2.45, 2.75) is 31.9 Å². The van der Waals surface area contributed by atoms with Gasteiger partial charge in [0, 0.05) is 49.2 Å². The number of ether oxygens (including phenoxy) is 1. The van der Waals surface area contributed by atoms with E-state index in [9.17, 15) is 0 Å².